The molecule has 0 unspecified atom stereocenters. The maximum absolute atomic E-state index is 6.35. The second-order valence-electron chi connectivity index (χ2n) is 4.35. The van der Waals surface area contributed by atoms with E-state index in [1.165, 1.54) is 11.3 Å². The fraction of sp³-hybridized carbons (Fsp3) is 0.0667. The highest BCUT2D eigenvalue weighted by Crippen LogP contribution is 2.33. The number of pyridine rings is 1. The number of halogens is 2. The number of benzene rings is 1. The van der Waals surface area contributed by atoms with E-state index >= 15 is 0 Å². The first-order valence-electron chi connectivity index (χ1n) is 6.43. The quantitative estimate of drug-likeness (QED) is 0.635. The predicted octanol–water partition coefficient (Wildman–Crippen LogP) is 5.61. The molecule has 7 heteroatoms. The normalized spacial score (nSPS) is 10.6. The van der Waals surface area contributed by atoms with Crippen LogP contribution in [0, 0.1) is 0 Å². The van der Waals surface area contributed by atoms with Gasteiger partial charge in [-0.3, -0.25) is 0 Å². The zero-order chi connectivity index (χ0) is 15.4. The van der Waals surface area contributed by atoms with Gasteiger partial charge in [0.25, 0.3) is 0 Å². The number of thiazole rings is 1. The van der Waals surface area contributed by atoms with E-state index in [1.807, 2.05) is 36.4 Å². The van der Waals surface area contributed by atoms with Crippen LogP contribution in [0.2, 0.25) is 9.49 Å². The minimum atomic E-state index is 0.553. The molecule has 0 aliphatic rings. The lowest BCUT2D eigenvalue weighted by Crippen LogP contribution is -1.97. The Bertz CT molecular complexity index is 762. The van der Waals surface area contributed by atoms with Crippen LogP contribution >= 0.6 is 46.3 Å². The Kier molecular flexibility index (Phi) is 5.20. The van der Waals surface area contributed by atoms with Crippen LogP contribution in [-0.4, -0.2) is 9.97 Å². The number of hydrogen-bond donors (Lipinski definition) is 1. The smallest absolute Gasteiger partial charge is 0.183 e. The van der Waals surface area contributed by atoms with Gasteiger partial charge in [0.05, 0.1) is 11.6 Å². The maximum Gasteiger partial charge on any atom is 0.183 e. The summed E-state index contributed by atoms with van der Waals surface area (Å²) in [4.78, 5) is 10.4. The molecule has 2 aromatic heterocycles. The van der Waals surface area contributed by atoms with Crippen molar-refractivity contribution < 1.29 is 0 Å². The summed E-state index contributed by atoms with van der Waals surface area (Å²) in [5.74, 6) is 0. The van der Waals surface area contributed by atoms with Crippen molar-refractivity contribution in [3.63, 3.8) is 0 Å². The molecule has 3 aromatic rings. The molecule has 1 aromatic carbocycles. The molecule has 3 rings (SSSR count). The second kappa shape index (κ2) is 7.33. The molecule has 0 saturated heterocycles. The number of nitrogens with zero attached hydrogens (tertiary/aromatic N) is 2. The lowest BCUT2D eigenvalue weighted by Gasteiger charge is -2.08. The molecule has 1 N–H and O–H groups in total. The van der Waals surface area contributed by atoms with Crippen molar-refractivity contribution in [2.24, 2.45) is 0 Å². The molecule has 112 valence electrons. The van der Waals surface area contributed by atoms with E-state index in [9.17, 15) is 0 Å². The van der Waals surface area contributed by atoms with Gasteiger partial charge in [-0.2, -0.15) is 0 Å². The van der Waals surface area contributed by atoms with Crippen LogP contribution in [-0.2, 0) is 6.54 Å². The summed E-state index contributed by atoms with van der Waals surface area (Å²) in [5, 5.41) is 4.93. The highest BCUT2D eigenvalue weighted by atomic mass is 35.5. The average Bonchev–Trinajstić information content (AvgIpc) is 2.94. The molecule has 2 heterocycles. The highest BCUT2D eigenvalue weighted by molar-refractivity contribution is 7.99. The molecular weight excluding hydrogens is 357 g/mol. The van der Waals surface area contributed by atoms with Crippen LogP contribution in [0.25, 0.3) is 0 Å². The van der Waals surface area contributed by atoms with Crippen LogP contribution in [0.1, 0.15) is 4.88 Å². The number of nitrogens with one attached hydrogen (secondary N) is 1. The standard InChI is InChI=1S/C15H11Cl2N3S2/c16-12-7-10(19-8-11-9-20-15(17)21-11)4-5-13(12)22-14-3-1-2-6-18-14/h1-7,9,19H,8H2. The van der Waals surface area contributed by atoms with Crippen LogP contribution < -0.4 is 5.32 Å². The molecule has 0 saturated carbocycles. The SMILES string of the molecule is Clc1ncc(CNc2ccc(Sc3ccccn3)c(Cl)c2)s1. The zero-order valence-corrected chi connectivity index (χ0v) is 14.4. The molecule has 0 aliphatic carbocycles. The van der Waals surface area contributed by atoms with Crippen LogP contribution in [0.15, 0.2) is 58.7 Å². The number of anilines is 1. The zero-order valence-electron chi connectivity index (χ0n) is 11.3. The van der Waals surface area contributed by atoms with Crippen molar-refractivity contribution >= 4 is 52.0 Å². The largest absolute Gasteiger partial charge is 0.380 e. The van der Waals surface area contributed by atoms with Crippen LogP contribution in [0.5, 0.6) is 0 Å². The molecule has 0 atom stereocenters. The highest BCUT2D eigenvalue weighted by Gasteiger charge is 2.06. The lowest BCUT2D eigenvalue weighted by molar-refractivity contribution is 1.13. The topological polar surface area (TPSA) is 37.8 Å². The molecule has 0 bridgehead atoms. The number of hydrogen-bond acceptors (Lipinski definition) is 5. The minimum absolute atomic E-state index is 0.553. The Labute approximate surface area is 146 Å². The Morgan fingerprint density at radius 1 is 1.14 bits per heavy atom. The van der Waals surface area contributed by atoms with Crippen molar-refractivity contribution in [2.75, 3.05) is 5.32 Å². The summed E-state index contributed by atoms with van der Waals surface area (Å²) >= 11 is 15.2. The molecular formula is C15H11Cl2N3S2. The van der Waals surface area contributed by atoms with Gasteiger partial charge >= 0.3 is 0 Å². The summed E-state index contributed by atoms with van der Waals surface area (Å²) in [6.07, 6.45) is 3.54. The molecule has 0 fully saturated rings. The molecule has 0 amide bonds. The second-order valence-corrected chi connectivity index (χ2v) is 7.52. The van der Waals surface area contributed by atoms with E-state index in [-0.39, 0.29) is 0 Å². The summed E-state index contributed by atoms with van der Waals surface area (Å²) in [5.41, 5.74) is 0.958. The molecule has 0 aliphatic heterocycles. The van der Waals surface area contributed by atoms with Gasteiger partial charge in [-0.1, -0.05) is 41.0 Å². The molecule has 0 spiro atoms. The van der Waals surface area contributed by atoms with Gasteiger partial charge in [0.1, 0.15) is 5.03 Å². The predicted molar refractivity (Wildman–Crippen MR) is 94.3 cm³/mol. The Hall–Kier alpha value is -1.27. The summed E-state index contributed by atoms with van der Waals surface area (Å²) in [6.45, 7) is 0.674. The van der Waals surface area contributed by atoms with Crippen molar-refractivity contribution in [1.29, 1.82) is 0 Å². The molecule has 3 nitrogen and oxygen atoms in total. The van der Waals surface area contributed by atoms with Crippen LogP contribution in [0.4, 0.5) is 5.69 Å². The van der Waals surface area contributed by atoms with E-state index in [0.29, 0.717) is 16.0 Å². The third kappa shape index (κ3) is 4.14. The van der Waals surface area contributed by atoms with E-state index in [2.05, 4.69) is 15.3 Å². The van der Waals surface area contributed by atoms with Gasteiger partial charge in [0.2, 0.25) is 0 Å². The van der Waals surface area contributed by atoms with Gasteiger partial charge in [-0.05, 0) is 30.3 Å². The average molecular weight is 368 g/mol. The molecule has 0 radical (unpaired) electrons. The van der Waals surface area contributed by atoms with E-state index in [0.717, 1.165) is 20.5 Å². The van der Waals surface area contributed by atoms with Crippen molar-refractivity contribution in [2.45, 2.75) is 16.5 Å². The third-order valence-corrected chi connectivity index (χ3v) is 5.34. The van der Waals surface area contributed by atoms with Gasteiger partial charge in [0.15, 0.2) is 4.47 Å². The Morgan fingerprint density at radius 2 is 2.05 bits per heavy atom. The first-order valence-corrected chi connectivity index (χ1v) is 8.82. The number of rotatable bonds is 5. The fourth-order valence-corrected chi connectivity index (χ4v) is 3.76. The van der Waals surface area contributed by atoms with Crippen LogP contribution in [0.3, 0.4) is 0 Å². The molecule has 22 heavy (non-hydrogen) atoms. The monoisotopic (exact) mass is 367 g/mol. The van der Waals surface area contributed by atoms with Gasteiger partial charge < -0.3 is 5.32 Å². The van der Waals surface area contributed by atoms with E-state index in [4.69, 9.17) is 23.2 Å². The summed E-state index contributed by atoms with van der Waals surface area (Å²) in [7, 11) is 0. The Morgan fingerprint density at radius 3 is 2.73 bits per heavy atom. The maximum atomic E-state index is 6.35. The fourth-order valence-electron chi connectivity index (χ4n) is 1.77. The first-order chi connectivity index (χ1) is 10.7. The Balaban J connectivity index is 1.66. The van der Waals surface area contributed by atoms with Gasteiger partial charge in [-0.25, -0.2) is 9.97 Å². The minimum Gasteiger partial charge on any atom is -0.380 e. The van der Waals surface area contributed by atoms with Crippen molar-refractivity contribution in [1.82, 2.24) is 9.97 Å². The lowest BCUT2D eigenvalue weighted by atomic mass is 10.3. The summed E-state index contributed by atoms with van der Waals surface area (Å²) < 4.78 is 0.553. The van der Waals surface area contributed by atoms with E-state index < -0.39 is 0 Å². The first kappa shape index (κ1) is 15.6. The van der Waals surface area contributed by atoms with Gasteiger partial charge in [-0.15, -0.1) is 11.3 Å². The van der Waals surface area contributed by atoms with Crippen molar-refractivity contribution in [3.05, 3.63) is 63.2 Å². The third-order valence-electron chi connectivity index (χ3n) is 2.78. The van der Waals surface area contributed by atoms with E-state index in [1.54, 1.807) is 24.2 Å². The van der Waals surface area contributed by atoms with Crippen molar-refractivity contribution in [3.8, 4) is 0 Å². The summed E-state index contributed by atoms with van der Waals surface area (Å²) in [6, 6.07) is 11.7. The number of aromatic nitrogens is 2. The van der Waals surface area contributed by atoms with Gasteiger partial charge in [0, 0.05) is 27.9 Å².